The van der Waals surface area contributed by atoms with Gasteiger partial charge in [-0.2, -0.15) is 10.4 Å². The highest BCUT2D eigenvalue weighted by molar-refractivity contribution is 5.92. The largest absolute Gasteiger partial charge is 0.376 e. The SMILES string of the molecule is N#Cc1nnc2ccccc2c1NCc1ccn[nH]1. The summed E-state index contributed by atoms with van der Waals surface area (Å²) in [6.07, 6.45) is 1.69. The van der Waals surface area contributed by atoms with Gasteiger partial charge in [-0.05, 0) is 12.1 Å². The molecule has 3 aromatic rings. The predicted molar refractivity (Wildman–Crippen MR) is 70.2 cm³/mol. The van der Waals surface area contributed by atoms with Crippen molar-refractivity contribution in [3.05, 3.63) is 47.9 Å². The van der Waals surface area contributed by atoms with Gasteiger partial charge in [0.15, 0.2) is 5.69 Å². The van der Waals surface area contributed by atoms with Crippen LogP contribution in [0.15, 0.2) is 36.5 Å². The van der Waals surface area contributed by atoms with E-state index in [2.05, 4.69) is 31.8 Å². The summed E-state index contributed by atoms with van der Waals surface area (Å²) in [5.41, 5.74) is 2.68. The molecular formula is C13H10N6. The second kappa shape index (κ2) is 4.74. The Bertz CT molecular complexity index is 741. The quantitative estimate of drug-likeness (QED) is 0.740. The third kappa shape index (κ3) is 2.09. The van der Waals surface area contributed by atoms with Crippen LogP contribution in [0.3, 0.4) is 0 Å². The molecule has 0 amide bonds. The third-order valence-corrected chi connectivity index (χ3v) is 2.79. The Labute approximate surface area is 109 Å². The smallest absolute Gasteiger partial charge is 0.186 e. The first kappa shape index (κ1) is 11.2. The van der Waals surface area contributed by atoms with Crippen LogP contribution >= 0.6 is 0 Å². The highest BCUT2D eigenvalue weighted by Gasteiger charge is 2.09. The number of fused-ring (bicyclic) bond motifs is 1. The van der Waals surface area contributed by atoms with E-state index in [-0.39, 0.29) is 0 Å². The van der Waals surface area contributed by atoms with Crippen molar-refractivity contribution in [3.63, 3.8) is 0 Å². The van der Waals surface area contributed by atoms with Gasteiger partial charge < -0.3 is 5.32 Å². The molecule has 0 unspecified atom stereocenters. The molecule has 0 aliphatic heterocycles. The maximum atomic E-state index is 9.12. The lowest BCUT2D eigenvalue weighted by Crippen LogP contribution is -2.05. The van der Waals surface area contributed by atoms with E-state index in [4.69, 9.17) is 5.26 Å². The fraction of sp³-hybridized carbons (Fsp3) is 0.0769. The maximum Gasteiger partial charge on any atom is 0.186 e. The lowest BCUT2D eigenvalue weighted by atomic mass is 10.1. The van der Waals surface area contributed by atoms with Gasteiger partial charge in [0.1, 0.15) is 6.07 Å². The molecule has 6 nitrogen and oxygen atoms in total. The Kier molecular flexibility index (Phi) is 2.79. The Morgan fingerprint density at radius 3 is 2.89 bits per heavy atom. The number of rotatable bonds is 3. The zero-order valence-corrected chi connectivity index (χ0v) is 9.96. The minimum Gasteiger partial charge on any atom is -0.376 e. The Morgan fingerprint density at radius 1 is 1.21 bits per heavy atom. The van der Waals surface area contributed by atoms with Gasteiger partial charge in [-0.1, -0.05) is 18.2 Å². The van der Waals surface area contributed by atoms with Crippen molar-refractivity contribution < 1.29 is 0 Å². The van der Waals surface area contributed by atoms with Crippen LogP contribution in [0.2, 0.25) is 0 Å². The molecule has 0 aliphatic rings. The number of H-pyrrole nitrogens is 1. The van der Waals surface area contributed by atoms with Gasteiger partial charge in [-0.3, -0.25) is 5.10 Å². The Hall–Kier alpha value is -2.94. The molecule has 0 radical (unpaired) electrons. The first-order valence-corrected chi connectivity index (χ1v) is 5.76. The monoisotopic (exact) mass is 250 g/mol. The van der Waals surface area contributed by atoms with Crippen LogP contribution in [0.4, 0.5) is 5.69 Å². The van der Waals surface area contributed by atoms with Crippen molar-refractivity contribution in [2.45, 2.75) is 6.54 Å². The third-order valence-electron chi connectivity index (χ3n) is 2.79. The molecule has 19 heavy (non-hydrogen) atoms. The van der Waals surface area contributed by atoms with E-state index in [1.165, 1.54) is 0 Å². The molecule has 0 atom stereocenters. The highest BCUT2D eigenvalue weighted by Crippen LogP contribution is 2.24. The van der Waals surface area contributed by atoms with Crippen molar-refractivity contribution in [2.24, 2.45) is 0 Å². The number of aromatic nitrogens is 4. The summed E-state index contributed by atoms with van der Waals surface area (Å²) >= 11 is 0. The summed E-state index contributed by atoms with van der Waals surface area (Å²) in [4.78, 5) is 0. The number of nitrogens with one attached hydrogen (secondary N) is 2. The summed E-state index contributed by atoms with van der Waals surface area (Å²) in [5.74, 6) is 0. The maximum absolute atomic E-state index is 9.12. The normalized spacial score (nSPS) is 10.3. The topological polar surface area (TPSA) is 90.3 Å². The number of hydrogen-bond donors (Lipinski definition) is 2. The standard InChI is InChI=1S/C13H10N6/c14-7-12-13(15-8-9-5-6-16-17-9)10-3-1-2-4-11(10)18-19-12/h1-6H,8H2,(H,15,18)(H,16,17). The van der Waals surface area contributed by atoms with Crippen molar-refractivity contribution >= 4 is 16.6 Å². The van der Waals surface area contributed by atoms with Crippen molar-refractivity contribution in [1.29, 1.82) is 5.26 Å². The van der Waals surface area contributed by atoms with Crippen LogP contribution in [0.1, 0.15) is 11.4 Å². The van der Waals surface area contributed by atoms with E-state index in [1.54, 1.807) is 6.20 Å². The lowest BCUT2D eigenvalue weighted by Gasteiger charge is -2.09. The van der Waals surface area contributed by atoms with Crippen LogP contribution in [0.5, 0.6) is 0 Å². The molecule has 0 bridgehead atoms. The number of nitrogens with zero attached hydrogens (tertiary/aromatic N) is 4. The van der Waals surface area contributed by atoms with Crippen molar-refractivity contribution in [1.82, 2.24) is 20.4 Å². The van der Waals surface area contributed by atoms with E-state index in [0.717, 1.165) is 16.6 Å². The van der Waals surface area contributed by atoms with E-state index >= 15 is 0 Å². The van der Waals surface area contributed by atoms with Crippen LogP contribution in [0, 0.1) is 11.3 Å². The molecule has 2 heterocycles. The summed E-state index contributed by atoms with van der Waals surface area (Å²) in [5, 5.41) is 27.9. The first-order valence-electron chi connectivity index (χ1n) is 5.76. The van der Waals surface area contributed by atoms with Gasteiger partial charge in [-0.15, -0.1) is 10.2 Å². The van der Waals surface area contributed by atoms with E-state index < -0.39 is 0 Å². The Balaban J connectivity index is 2.02. The van der Waals surface area contributed by atoms with Gasteiger partial charge in [0.2, 0.25) is 0 Å². The van der Waals surface area contributed by atoms with E-state index in [9.17, 15) is 0 Å². The molecule has 0 aliphatic carbocycles. The van der Waals surface area contributed by atoms with Crippen molar-refractivity contribution in [3.8, 4) is 6.07 Å². The summed E-state index contributed by atoms with van der Waals surface area (Å²) < 4.78 is 0. The first-order chi connectivity index (χ1) is 9.38. The fourth-order valence-corrected chi connectivity index (χ4v) is 1.88. The number of anilines is 1. The molecule has 0 spiro atoms. The molecule has 6 heteroatoms. The average Bonchev–Trinajstić information content (AvgIpc) is 2.97. The molecule has 0 saturated heterocycles. The zero-order chi connectivity index (χ0) is 13.1. The second-order valence-electron chi connectivity index (χ2n) is 3.99. The summed E-state index contributed by atoms with van der Waals surface area (Å²) in [6.45, 7) is 0.546. The minimum absolute atomic E-state index is 0.290. The molecule has 3 rings (SSSR count). The van der Waals surface area contributed by atoms with Crippen LogP contribution in [-0.4, -0.2) is 20.4 Å². The van der Waals surface area contributed by atoms with Gasteiger partial charge in [-0.25, -0.2) is 0 Å². The number of aromatic amines is 1. The molecular weight excluding hydrogens is 240 g/mol. The van der Waals surface area contributed by atoms with Crippen LogP contribution in [-0.2, 0) is 6.54 Å². The number of nitriles is 1. The number of hydrogen-bond acceptors (Lipinski definition) is 5. The van der Waals surface area contributed by atoms with Gasteiger partial charge in [0.05, 0.1) is 23.4 Å². The second-order valence-corrected chi connectivity index (χ2v) is 3.99. The highest BCUT2D eigenvalue weighted by atomic mass is 15.1. The van der Waals surface area contributed by atoms with Gasteiger partial charge >= 0.3 is 0 Å². The molecule has 0 saturated carbocycles. The number of benzene rings is 1. The van der Waals surface area contributed by atoms with E-state index in [1.807, 2.05) is 30.3 Å². The molecule has 2 aromatic heterocycles. The van der Waals surface area contributed by atoms with Gasteiger partial charge in [0, 0.05) is 11.6 Å². The lowest BCUT2D eigenvalue weighted by molar-refractivity contribution is 0.974. The van der Waals surface area contributed by atoms with Crippen LogP contribution < -0.4 is 5.32 Å². The molecule has 0 fully saturated rings. The molecule has 2 N–H and O–H groups in total. The van der Waals surface area contributed by atoms with Crippen LogP contribution in [0.25, 0.3) is 10.9 Å². The van der Waals surface area contributed by atoms with Crippen molar-refractivity contribution in [2.75, 3.05) is 5.32 Å². The zero-order valence-electron chi connectivity index (χ0n) is 9.96. The predicted octanol–water partition coefficient (Wildman–Crippen LogP) is 1.84. The Morgan fingerprint density at radius 2 is 2.11 bits per heavy atom. The van der Waals surface area contributed by atoms with Gasteiger partial charge in [0.25, 0.3) is 0 Å². The molecule has 1 aromatic carbocycles. The van der Waals surface area contributed by atoms with E-state index in [0.29, 0.717) is 17.9 Å². The molecule has 92 valence electrons. The minimum atomic E-state index is 0.290. The summed E-state index contributed by atoms with van der Waals surface area (Å²) in [7, 11) is 0. The fourth-order valence-electron chi connectivity index (χ4n) is 1.88. The summed E-state index contributed by atoms with van der Waals surface area (Å²) in [6, 6.07) is 11.5. The average molecular weight is 250 g/mol.